The average Bonchev–Trinajstić information content (AvgIpc) is 3.30. The van der Waals surface area contributed by atoms with Crippen LogP contribution in [-0.4, -0.2) is 93.9 Å². The highest BCUT2D eigenvalue weighted by atomic mass is 16.4. The average molecular weight is 529 g/mol. The Hall–Kier alpha value is -3.95. The Bertz CT molecular complexity index is 892. The number of nitrogens with two attached hydrogens (primary N) is 4. The number of primary amides is 1. The molecule has 4 atom stereocenters. The van der Waals surface area contributed by atoms with Gasteiger partial charge in [-0.05, 0) is 38.5 Å². The smallest absolute Gasteiger partial charge is 0.326 e. The van der Waals surface area contributed by atoms with E-state index in [0.29, 0.717) is 12.8 Å². The van der Waals surface area contributed by atoms with Gasteiger partial charge in [-0.25, -0.2) is 4.79 Å². The Kier molecular flexibility index (Phi) is 12.8. The lowest BCUT2D eigenvalue weighted by molar-refractivity contribution is -0.145. The summed E-state index contributed by atoms with van der Waals surface area (Å²) in [5, 5.41) is 22.9. The lowest BCUT2D eigenvalue weighted by Crippen LogP contribution is -2.57. The second kappa shape index (κ2) is 15.2. The van der Waals surface area contributed by atoms with Crippen molar-refractivity contribution in [1.82, 2.24) is 15.5 Å². The first kappa shape index (κ1) is 31.1. The maximum absolute atomic E-state index is 13.3. The summed E-state index contributed by atoms with van der Waals surface area (Å²) in [4.78, 5) is 77.2. The monoisotopic (exact) mass is 528 g/mol. The van der Waals surface area contributed by atoms with Gasteiger partial charge < -0.3 is 48.7 Å². The standard InChI is InChI=1S/C21H36N8O8/c22-11(3-1-9-26-21(24)25)17(33)27-12(5-7-15(23)30)19(35)29-10-2-4-14(29)18(34)28-13(20(36)37)6-8-16(31)32/h11-14H,1-10,22H2,(H2,23,30)(H,27,33)(H,28,34)(H,31,32)(H,36,37)(H4,24,25,26). The molecule has 0 radical (unpaired) electrons. The fraction of sp³-hybridized carbons (Fsp3) is 0.667. The normalized spacial score (nSPS) is 17.2. The van der Waals surface area contributed by atoms with Crippen molar-refractivity contribution in [2.24, 2.45) is 27.9 Å². The van der Waals surface area contributed by atoms with E-state index in [1.807, 2.05) is 0 Å². The van der Waals surface area contributed by atoms with E-state index in [-0.39, 0.29) is 51.2 Å². The van der Waals surface area contributed by atoms with Gasteiger partial charge in [0.1, 0.15) is 18.1 Å². The second-order valence-corrected chi connectivity index (χ2v) is 8.64. The first-order chi connectivity index (χ1) is 17.3. The molecule has 1 heterocycles. The Balaban J connectivity index is 2.91. The summed E-state index contributed by atoms with van der Waals surface area (Å²) in [5.74, 6) is -5.51. The van der Waals surface area contributed by atoms with Crippen molar-refractivity contribution < 1.29 is 39.0 Å². The molecule has 1 saturated heterocycles. The zero-order valence-corrected chi connectivity index (χ0v) is 20.4. The van der Waals surface area contributed by atoms with Gasteiger partial charge >= 0.3 is 11.9 Å². The molecule has 0 aromatic rings. The van der Waals surface area contributed by atoms with Gasteiger partial charge in [-0.3, -0.25) is 29.0 Å². The largest absolute Gasteiger partial charge is 0.481 e. The topological polar surface area (TPSA) is 287 Å². The number of carboxylic acids is 2. The summed E-state index contributed by atoms with van der Waals surface area (Å²) < 4.78 is 0. The van der Waals surface area contributed by atoms with Crippen LogP contribution in [0.25, 0.3) is 0 Å². The molecule has 16 nitrogen and oxygen atoms in total. The lowest BCUT2D eigenvalue weighted by Gasteiger charge is -2.30. The SMILES string of the molecule is NC(=O)CCC(NC(=O)C(N)CCCN=C(N)N)C(=O)N1CCCC1C(=O)NC(CCC(=O)O)C(=O)O. The number of carboxylic acid groups (broad SMARTS) is 2. The highest BCUT2D eigenvalue weighted by Crippen LogP contribution is 2.20. The zero-order valence-electron chi connectivity index (χ0n) is 20.4. The van der Waals surface area contributed by atoms with Crippen LogP contribution in [0.5, 0.6) is 0 Å². The maximum Gasteiger partial charge on any atom is 0.326 e. The first-order valence-corrected chi connectivity index (χ1v) is 11.8. The maximum atomic E-state index is 13.3. The molecule has 0 aromatic carbocycles. The first-order valence-electron chi connectivity index (χ1n) is 11.8. The number of amides is 4. The number of hydrogen-bond acceptors (Lipinski definition) is 8. The van der Waals surface area contributed by atoms with Crippen LogP contribution in [0.1, 0.15) is 51.4 Å². The number of carbonyl (C=O) groups is 6. The van der Waals surface area contributed by atoms with Crippen molar-refractivity contribution in [3.05, 3.63) is 0 Å². The number of likely N-dealkylation sites (tertiary alicyclic amines) is 1. The van der Waals surface area contributed by atoms with Crippen molar-refractivity contribution in [2.75, 3.05) is 13.1 Å². The second-order valence-electron chi connectivity index (χ2n) is 8.64. The lowest BCUT2D eigenvalue weighted by atomic mass is 10.1. The number of nitrogens with one attached hydrogen (secondary N) is 2. The van der Waals surface area contributed by atoms with Crippen LogP contribution in [0, 0.1) is 0 Å². The number of carbonyl (C=O) groups excluding carboxylic acids is 4. The molecule has 12 N–H and O–H groups in total. The summed E-state index contributed by atoms with van der Waals surface area (Å²) >= 11 is 0. The Morgan fingerprint density at radius 2 is 1.59 bits per heavy atom. The molecular weight excluding hydrogens is 492 g/mol. The molecular formula is C21H36N8O8. The van der Waals surface area contributed by atoms with Crippen LogP contribution in [-0.2, 0) is 28.8 Å². The molecule has 16 heteroatoms. The molecule has 4 unspecified atom stereocenters. The quantitative estimate of drug-likeness (QED) is 0.0553. The van der Waals surface area contributed by atoms with Gasteiger partial charge in [0.15, 0.2) is 5.96 Å². The van der Waals surface area contributed by atoms with Gasteiger partial charge in [0.2, 0.25) is 23.6 Å². The summed E-state index contributed by atoms with van der Waals surface area (Å²) in [6.07, 6.45) is 0.0855. The van der Waals surface area contributed by atoms with Gasteiger partial charge in [-0.15, -0.1) is 0 Å². The molecule has 1 rings (SSSR count). The number of rotatable bonds is 16. The Labute approximate surface area is 213 Å². The molecule has 0 aliphatic carbocycles. The van der Waals surface area contributed by atoms with Crippen LogP contribution in [0.2, 0.25) is 0 Å². The minimum absolute atomic E-state index is 0.101. The molecule has 0 bridgehead atoms. The van der Waals surface area contributed by atoms with Gasteiger partial charge in [0.05, 0.1) is 6.04 Å². The Morgan fingerprint density at radius 3 is 2.16 bits per heavy atom. The number of aliphatic imine (C=N–C) groups is 1. The van der Waals surface area contributed by atoms with E-state index >= 15 is 0 Å². The number of aliphatic carboxylic acids is 2. The predicted molar refractivity (Wildman–Crippen MR) is 129 cm³/mol. The van der Waals surface area contributed by atoms with Crippen LogP contribution < -0.4 is 33.6 Å². The van der Waals surface area contributed by atoms with E-state index in [2.05, 4.69) is 15.6 Å². The highest BCUT2D eigenvalue weighted by Gasteiger charge is 2.39. The van der Waals surface area contributed by atoms with Crippen LogP contribution in [0.4, 0.5) is 0 Å². The van der Waals surface area contributed by atoms with E-state index < -0.39 is 66.2 Å². The molecule has 4 amide bonds. The molecule has 208 valence electrons. The van der Waals surface area contributed by atoms with Gasteiger partial charge in [-0.2, -0.15) is 0 Å². The molecule has 1 aliphatic heterocycles. The third-order valence-electron chi connectivity index (χ3n) is 5.70. The molecule has 1 aliphatic rings. The molecule has 0 saturated carbocycles. The van der Waals surface area contributed by atoms with Crippen molar-refractivity contribution in [3.63, 3.8) is 0 Å². The summed E-state index contributed by atoms with van der Waals surface area (Å²) in [7, 11) is 0. The van der Waals surface area contributed by atoms with E-state index in [0.717, 1.165) is 0 Å². The van der Waals surface area contributed by atoms with Crippen molar-refractivity contribution in [1.29, 1.82) is 0 Å². The summed E-state index contributed by atoms with van der Waals surface area (Å²) in [5.41, 5.74) is 21.6. The van der Waals surface area contributed by atoms with Crippen molar-refractivity contribution in [3.8, 4) is 0 Å². The summed E-state index contributed by atoms with van der Waals surface area (Å²) in [6.45, 7) is 0.402. The number of guanidine groups is 1. The third kappa shape index (κ3) is 11.1. The number of hydrogen-bond donors (Lipinski definition) is 8. The van der Waals surface area contributed by atoms with Crippen molar-refractivity contribution in [2.45, 2.75) is 75.5 Å². The molecule has 1 fully saturated rings. The third-order valence-corrected chi connectivity index (χ3v) is 5.70. The van der Waals surface area contributed by atoms with E-state index in [9.17, 15) is 33.9 Å². The van der Waals surface area contributed by atoms with Gasteiger partial charge in [0.25, 0.3) is 0 Å². The fourth-order valence-electron chi connectivity index (χ4n) is 3.77. The Morgan fingerprint density at radius 1 is 0.946 bits per heavy atom. The number of nitrogens with zero attached hydrogens (tertiary/aromatic N) is 2. The van der Waals surface area contributed by atoms with Crippen LogP contribution >= 0.6 is 0 Å². The fourth-order valence-corrected chi connectivity index (χ4v) is 3.77. The van der Waals surface area contributed by atoms with Crippen molar-refractivity contribution >= 4 is 41.5 Å². The van der Waals surface area contributed by atoms with E-state index in [1.54, 1.807) is 0 Å². The highest BCUT2D eigenvalue weighted by molar-refractivity contribution is 5.94. The summed E-state index contributed by atoms with van der Waals surface area (Å²) in [6, 6.07) is -4.70. The van der Waals surface area contributed by atoms with E-state index in [4.69, 9.17) is 28.0 Å². The van der Waals surface area contributed by atoms with Gasteiger partial charge in [-0.1, -0.05) is 0 Å². The molecule has 37 heavy (non-hydrogen) atoms. The van der Waals surface area contributed by atoms with Crippen LogP contribution in [0.3, 0.4) is 0 Å². The van der Waals surface area contributed by atoms with Gasteiger partial charge in [0, 0.05) is 25.9 Å². The predicted octanol–water partition coefficient (Wildman–Crippen LogP) is -3.46. The minimum atomic E-state index is -1.46. The van der Waals surface area contributed by atoms with Crippen LogP contribution in [0.15, 0.2) is 4.99 Å². The molecule has 0 spiro atoms. The molecule has 0 aromatic heterocycles. The minimum Gasteiger partial charge on any atom is -0.481 e. The zero-order chi connectivity index (χ0) is 28.1. The van der Waals surface area contributed by atoms with E-state index in [1.165, 1.54) is 4.90 Å².